The van der Waals surface area contributed by atoms with Crippen molar-refractivity contribution in [2.24, 2.45) is 11.8 Å². The summed E-state index contributed by atoms with van der Waals surface area (Å²) < 4.78 is 11.3. The zero-order valence-corrected chi connectivity index (χ0v) is 28.1. The first-order chi connectivity index (χ1) is 22.6. The van der Waals surface area contributed by atoms with Gasteiger partial charge in [-0.3, -0.25) is 4.79 Å². The number of carbonyl (C=O) groups excluding carboxylic acids is 1. The lowest BCUT2D eigenvalue weighted by molar-refractivity contribution is -0.304. The lowest BCUT2D eigenvalue weighted by atomic mass is 9.79. The van der Waals surface area contributed by atoms with Crippen LogP contribution in [0.15, 0.2) is 60.7 Å². The van der Waals surface area contributed by atoms with E-state index in [4.69, 9.17) is 29.0 Å². The number of benzene rings is 2. The first-order valence-electron chi connectivity index (χ1n) is 17.7. The SMILES string of the molecule is C=C1CCC(C(=O)OCCCCCCOOCc2ccc(OCCCCOOCC3CCC(c4ccc(C)cc4)CC3)cc2)CC1. The molecular weight excluding hydrogens is 580 g/mol. The Kier molecular flexibility index (Phi) is 16.7. The Morgan fingerprint density at radius 1 is 0.696 bits per heavy atom. The Hall–Kier alpha value is -2.71. The van der Waals surface area contributed by atoms with E-state index in [1.807, 2.05) is 24.3 Å². The average Bonchev–Trinajstić information content (AvgIpc) is 3.08. The first kappa shape index (κ1) is 36.1. The van der Waals surface area contributed by atoms with E-state index in [-0.39, 0.29) is 11.9 Å². The van der Waals surface area contributed by atoms with Crippen molar-refractivity contribution < 1.29 is 33.8 Å². The molecule has 254 valence electrons. The number of aryl methyl sites for hydroxylation is 1. The largest absolute Gasteiger partial charge is 0.494 e. The zero-order valence-electron chi connectivity index (χ0n) is 28.1. The maximum absolute atomic E-state index is 12.1. The van der Waals surface area contributed by atoms with E-state index in [2.05, 4.69) is 37.8 Å². The summed E-state index contributed by atoms with van der Waals surface area (Å²) in [7, 11) is 0. The Balaban J connectivity index is 0.900. The third-order valence-corrected chi connectivity index (χ3v) is 9.30. The van der Waals surface area contributed by atoms with Gasteiger partial charge in [-0.25, -0.2) is 19.6 Å². The van der Waals surface area contributed by atoms with Gasteiger partial charge in [-0.05, 0) is 125 Å². The Morgan fingerprint density at radius 2 is 1.33 bits per heavy atom. The molecule has 0 aromatic heterocycles. The monoisotopic (exact) mass is 636 g/mol. The van der Waals surface area contributed by atoms with E-state index in [1.54, 1.807) is 0 Å². The van der Waals surface area contributed by atoms with E-state index in [0.29, 0.717) is 51.5 Å². The number of esters is 1. The highest BCUT2D eigenvalue weighted by Gasteiger charge is 2.24. The molecule has 0 amide bonds. The van der Waals surface area contributed by atoms with Crippen molar-refractivity contribution in [3.63, 3.8) is 0 Å². The van der Waals surface area contributed by atoms with Crippen LogP contribution in [0.25, 0.3) is 0 Å². The van der Waals surface area contributed by atoms with Crippen molar-refractivity contribution in [1.82, 2.24) is 0 Å². The molecule has 2 fully saturated rings. The van der Waals surface area contributed by atoms with Gasteiger partial charge in [0, 0.05) is 0 Å². The number of hydrogen-bond acceptors (Lipinski definition) is 7. The van der Waals surface area contributed by atoms with Gasteiger partial charge in [-0.2, -0.15) is 0 Å². The van der Waals surface area contributed by atoms with Crippen LogP contribution in [-0.4, -0.2) is 39.0 Å². The fourth-order valence-corrected chi connectivity index (χ4v) is 6.18. The topological polar surface area (TPSA) is 72.5 Å². The van der Waals surface area contributed by atoms with Gasteiger partial charge in [0.1, 0.15) is 12.4 Å². The average molecular weight is 637 g/mol. The molecule has 46 heavy (non-hydrogen) atoms. The number of unbranched alkanes of at least 4 members (excludes halogenated alkanes) is 4. The normalized spacial score (nSPS) is 18.8. The third kappa shape index (κ3) is 14.0. The van der Waals surface area contributed by atoms with Crippen molar-refractivity contribution in [3.05, 3.63) is 77.4 Å². The predicted octanol–water partition coefficient (Wildman–Crippen LogP) is 9.37. The van der Waals surface area contributed by atoms with Crippen molar-refractivity contribution in [1.29, 1.82) is 0 Å². The second-order valence-corrected chi connectivity index (χ2v) is 13.1. The van der Waals surface area contributed by atoms with Crippen LogP contribution in [0, 0.1) is 18.8 Å². The summed E-state index contributed by atoms with van der Waals surface area (Å²) in [5, 5.41) is 0. The number of ether oxygens (including phenoxy) is 2. The molecule has 0 aliphatic heterocycles. The van der Waals surface area contributed by atoms with Gasteiger partial charge in [0.2, 0.25) is 0 Å². The molecule has 7 nitrogen and oxygen atoms in total. The Bertz CT molecular complexity index is 1110. The highest BCUT2D eigenvalue weighted by atomic mass is 17.2. The molecule has 0 heterocycles. The molecule has 0 bridgehead atoms. The summed E-state index contributed by atoms with van der Waals surface area (Å²) in [4.78, 5) is 33.8. The number of hydrogen-bond donors (Lipinski definition) is 0. The van der Waals surface area contributed by atoms with Crippen molar-refractivity contribution >= 4 is 5.97 Å². The van der Waals surface area contributed by atoms with Crippen molar-refractivity contribution in [2.45, 2.75) is 109 Å². The van der Waals surface area contributed by atoms with Crippen LogP contribution in [0.5, 0.6) is 5.75 Å². The minimum atomic E-state index is -0.0342. The maximum atomic E-state index is 12.1. The van der Waals surface area contributed by atoms with E-state index >= 15 is 0 Å². The lowest BCUT2D eigenvalue weighted by Crippen LogP contribution is -2.21. The summed E-state index contributed by atoms with van der Waals surface area (Å²) in [6.45, 7) is 9.53. The van der Waals surface area contributed by atoms with E-state index in [9.17, 15) is 4.79 Å². The molecular formula is C39H56O7. The van der Waals surface area contributed by atoms with Gasteiger partial charge in [0.05, 0.1) is 39.0 Å². The van der Waals surface area contributed by atoms with Crippen molar-refractivity contribution in [3.8, 4) is 5.75 Å². The highest BCUT2D eigenvalue weighted by molar-refractivity contribution is 5.72. The Labute approximate surface area is 276 Å². The molecule has 7 heteroatoms. The fraction of sp³-hybridized carbons (Fsp3) is 0.615. The molecule has 0 spiro atoms. The fourth-order valence-electron chi connectivity index (χ4n) is 6.18. The van der Waals surface area contributed by atoms with Gasteiger partial charge in [0.15, 0.2) is 0 Å². The summed E-state index contributed by atoms with van der Waals surface area (Å²) in [5.74, 6) is 2.16. The molecule has 2 aromatic carbocycles. The van der Waals surface area contributed by atoms with Gasteiger partial charge in [-0.1, -0.05) is 60.5 Å². The molecule has 4 rings (SSSR count). The second-order valence-electron chi connectivity index (χ2n) is 13.1. The van der Waals surface area contributed by atoms with Crippen molar-refractivity contribution in [2.75, 3.05) is 33.0 Å². The lowest BCUT2D eigenvalue weighted by Gasteiger charge is -2.28. The number of rotatable bonds is 21. The Morgan fingerprint density at radius 3 is 2.04 bits per heavy atom. The molecule has 0 atom stereocenters. The quantitative estimate of drug-likeness (QED) is 0.0444. The van der Waals surface area contributed by atoms with Gasteiger partial charge in [0.25, 0.3) is 0 Å². The molecule has 0 saturated heterocycles. The van der Waals surface area contributed by atoms with Crippen LogP contribution in [0.2, 0.25) is 0 Å². The number of carbonyl (C=O) groups is 1. The molecule has 0 N–H and O–H groups in total. The molecule has 0 radical (unpaired) electrons. The predicted molar refractivity (Wildman–Crippen MR) is 180 cm³/mol. The van der Waals surface area contributed by atoms with Crippen LogP contribution in [-0.2, 0) is 35.7 Å². The van der Waals surface area contributed by atoms with Crippen LogP contribution >= 0.6 is 0 Å². The van der Waals surface area contributed by atoms with Crippen LogP contribution < -0.4 is 4.74 Å². The van der Waals surface area contributed by atoms with Gasteiger partial charge >= 0.3 is 5.97 Å². The molecule has 2 saturated carbocycles. The second kappa shape index (κ2) is 21.2. The summed E-state index contributed by atoms with van der Waals surface area (Å²) >= 11 is 0. The minimum absolute atomic E-state index is 0.0342. The summed E-state index contributed by atoms with van der Waals surface area (Å²) in [6.07, 6.45) is 14.2. The van der Waals surface area contributed by atoms with Gasteiger partial charge < -0.3 is 9.47 Å². The van der Waals surface area contributed by atoms with E-state index < -0.39 is 0 Å². The highest BCUT2D eigenvalue weighted by Crippen LogP contribution is 2.36. The van der Waals surface area contributed by atoms with Crippen LogP contribution in [0.1, 0.15) is 112 Å². The molecule has 0 unspecified atom stereocenters. The summed E-state index contributed by atoms with van der Waals surface area (Å²) in [6, 6.07) is 16.9. The summed E-state index contributed by atoms with van der Waals surface area (Å²) in [5.41, 5.74) is 5.09. The zero-order chi connectivity index (χ0) is 32.2. The van der Waals surface area contributed by atoms with Gasteiger partial charge in [-0.15, -0.1) is 0 Å². The first-order valence-corrected chi connectivity index (χ1v) is 17.7. The standard InChI is InChI=1S/C39H56O7/c1-31-9-17-35(18-10-31)36-21-13-33(14-22-36)29-45-44-28-8-7-25-41-38-23-15-34(16-24-38)30-46-43-27-6-4-3-5-26-42-39(40)37-19-11-32(2)12-20-37/h9-10,15-18,23-24,33,36-37H,2-8,11-14,19-22,25-30H2,1H3. The number of allylic oxidation sites excluding steroid dienone is 1. The van der Waals surface area contributed by atoms with E-state index in [1.165, 1.54) is 42.4 Å². The molecule has 2 aromatic rings. The van der Waals surface area contributed by atoms with E-state index in [0.717, 1.165) is 75.5 Å². The smallest absolute Gasteiger partial charge is 0.308 e. The molecule has 2 aliphatic carbocycles. The van der Waals surface area contributed by atoms with Crippen LogP contribution in [0.3, 0.4) is 0 Å². The van der Waals surface area contributed by atoms with Crippen LogP contribution in [0.4, 0.5) is 0 Å². The molecule has 2 aliphatic rings. The minimum Gasteiger partial charge on any atom is -0.494 e. The maximum Gasteiger partial charge on any atom is 0.308 e. The third-order valence-electron chi connectivity index (χ3n) is 9.30.